The lowest BCUT2D eigenvalue weighted by Gasteiger charge is -2.22. The van der Waals surface area contributed by atoms with Crippen LogP contribution in [0.3, 0.4) is 0 Å². The Balaban J connectivity index is 0.000000922. The molecule has 1 aromatic rings. The highest BCUT2D eigenvalue weighted by Crippen LogP contribution is 2.24. The van der Waals surface area contributed by atoms with Gasteiger partial charge in [0, 0.05) is 19.1 Å². The molecule has 0 amide bonds. The number of hydrogen-bond acceptors (Lipinski definition) is 6. The standard InChI is InChI=1S/C15H25NO3.H2O4S/c1-19-13-8-6-12(7-9-13)14(11-16)15(18)5-3-2-4-10-17;1-5(2,3)4/h6-9,14-15,17-18H,2-5,10-11,16H2,1H3;(H2,1,2,3,4). The van der Waals surface area contributed by atoms with Crippen LogP contribution in [0.2, 0.25) is 0 Å². The van der Waals surface area contributed by atoms with Crippen LogP contribution in [0, 0.1) is 0 Å². The van der Waals surface area contributed by atoms with Crippen LogP contribution >= 0.6 is 0 Å². The van der Waals surface area contributed by atoms with E-state index in [4.69, 9.17) is 33.1 Å². The molecule has 0 aliphatic carbocycles. The maximum atomic E-state index is 10.2. The van der Waals surface area contributed by atoms with Gasteiger partial charge in [0.2, 0.25) is 0 Å². The van der Waals surface area contributed by atoms with Gasteiger partial charge in [0.15, 0.2) is 0 Å². The van der Waals surface area contributed by atoms with Crippen LogP contribution in [0.5, 0.6) is 5.75 Å². The Morgan fingerprint density at radius 1 is 1.12 bits per heavy atom. The average molecular weight is 365 g/mol. The summed E-state index contributed by atoms with van der Waals surface area (Å²) in [6.45, 7) is 0.641. The molecule has 0 radical (unpaired) electrons. The highest BCUT2D eigenvalue weighted by atomic mass is 32.3. The van der Waals surface area contributed by atoms with E-state index in [0.717, 1.165) is 30.6 Å². The Kier molecular flexibility index (Phi) is 11.6. The van der Waals surface area contributed by atoms with Gasteiger partial charge in [-0.05, 0) is 30.5 Å². The van der Waals surface area contributed by atoms with Crippen LogP contribution in [0.4, 0.5) is 0 Å². The fraction of sp³-hybridized carbons (Fsp3) is 0.600. The summed E-state index contributed by atoms with van der Waals surface area (Å²) >= 11 is 0. The lowest BCUT2D eigenvalue weighted by Crippen LogP contribution is -2.25. The summed E-state index contributed by atoms with van der Waals surface area (Å²) in [7, 11) is -3.04. The molecule has 9 heteroatoms. The van der Waals surface area contributed by atoms with E-state index >= 15 is 0 Å². The number of unbranched alkanes of at least 4 members (excludes halogenated alkanes) is 2. The molecule has 2 unspecified atom stereocenters. The molecule has 0 heterocycles. The summed E-state index contributed by atoms with van der Waals surface area (Å²) in [5.41, 5.74) is 6.82. The molecule has 140 valence electrons. The minimum atomic E-state index is -4.67. The van der Waals surface area contributed by atoms with Crippen molar-refractivity contribution < 1.29 is 32.5 Å². The lowest BCUT2D eigenvalue weighted by molar-refractivity contribution is 0.131. The third-order valence-corrected chi connectivity index (χ3v) is 3.42. The lowest BCUT2D eigenvalue weighted by atomic mass is 9.90. The zero-order chi connectivity index (χ0) is 18.6. The van der Waals surface area contributed by atoms with Crippen LogP contribution < -0.4 is 10.5 Å². The quantitative estimate of drug-likeness (QED) is 0.321. The molecular formula is C15H27NO7S. The van der Waals surface area contributed by atoms with E-state index in [-0.39, 0.29) is 12.5 Å². The summed E-state index contributed by atoms with van der Waals surface area (Å²) in [5.74, 6) is 0.761. The van der Waals surface area contributed by atoms with Crippen molar-refractivity contribution in [1.29, 1.82) is 0 Å². The van der Waals surface area contributed by atoms with Gasteiger partial charge < -0.3 is 20.7 Å². The number of aliphatic hydroxyl groups is 2. The zero-order valence-corrected chi connectivity index (χ0v) is 14.5. The van der Waals surface area contributed by atoms with E-state index < -0.39 is 16.5 Å². The summed E-state index contributed by atoms with van der Waals surface area (Å²) < 4.78 is 36.7. The van der Waals surface area contributed by atoms with Crippen molar-refractivity contribution in [3.8, 4) is 5.75 Å². The first-order valence-electron chi connectivity index (χ1n) is 7.55. The molecule has 1 rings (SSSR count). The van der Waals surface area contributed by atoms with E-state index in [9.17, 15) is 5.11 Å². The van der Waals surface area contributed by atoms with Gasteiger partial charge in [0.05, 0.1) is 13.2 Å². The Morgan fingerprint density at radius 2 is 1.67 bits per heavy atom. The number of aliphatic hydroxyl groups excluding tert-OH is 2. The Labute approximate surface area is 142 Å². The molecule has 6 N–H and O–H groups in total. The Bertz CT molecular complexity index is 525. The van der Waals surface area contributed by atoms with Crippen LogP contribution in [-0.2, 0) is 10.4 Å². The van der Waals surface area contributed by atoms with E-state index in [2.05, 4.69) is 0 Å². The topological polar surface area (TPSA) is 150 Å². The van der Waals surface area contributed by atoms with E-state index in [1.807, 2.05) is 24.3 Å². The van der Waals surface area contributed by atoms with Gasteiger partial charge in [-0.2, -0.15) is 8.42 Å². The summed E-state index contributed by atoms with van der Waals surface area (Å²) in [5, 5.41) is 18.9. The third kappa shape index (κ3) is 11.3. The molecular weight excluding hydrogens is 338 g/mol. The monoisotopic (exact) mass is 365 g/mol. The predicted octanol–water partition coefficient (Wildman–Crippen LogP) is 0.998. The van der Waals surface area contributed by atoms with Crippen molar-refractivity contribution in [1.82, 2.24) is 0 Å². The maximum absolute atomic E-state index is 10.2. The minimum absolute atomic E-state index is 0.0416. The second-order valence-corrected chi connectivity index (χ2v) is 6.10. The Hall–Kier alpha value is -1.23. The minimum Gasteiger partial charge on any atom is -0.497 e. The van der Waals surface area contributed by atoms with Gasteiger partial charge >= 0.3 is 10.4 Å². The summed E-state index contributed by atoms with van der Waals surface area (Å²) in [6, 6.07) is 7.67. The van der Waals surface area contributed by atoms with Crippen LogP contribution in [-0.4, -0.2) is 54.1 Å². The van der Waals surface area contributed by atoms with Gasteiger partial charge in [0.25, 0.3) is 0 Å². The molecule has 0 spiro atoms. The first-order chi connectivity index (χ1) is 11.2. The third-order valence-electron chi connectivity index (χ3n) is 3.42. The molecule has 0 aromatic heterocycles. The van der Waals surface area contributed by atoms with Crippen molar-refractivity contribution in [3.63, 3.8) is 0 Å². The molecule has 0 saturated heterocycles. The fourth-order valence-corrected chi connectivity index (χ4v) is 2.21. The maximum Gasteiger partial charge on any atom is 0.394 e. The highest BCUT2D eigenvalue weighted by Gasteiger charge is 2.19. The van der Waals surface area contributed by atoms with Gasteiger partial charge in [-0.15, -0.1) is 0 Å². The Morgan fingerprint density at radius 3 is 2.08 bits per heavy atom. The first-order valence-corrected chi connectivity index (χ1v) is 8.95. The number of benzene rings is 1. The van der Waals surface area contributed by atoms with E-state index in [0.29, 0.717) is 13.0 Å². The van der Waals surface area contributed by atoms with Crippen molar-refractivity contribution in [2.45, 2.75) is 37.7 Å². The molecule has 24 heavy (non-hydrogen) atoms. The van der Waals surface area contributed by atoms with Crippen molar-refractivity contribution >= 4 is 10.4 Å². The van der Waals surface area contributed by atoms with E-state index in [1.54, 1.807) is 7.11 Å². The number of hydrogen-bond donors (Lipinski definition) is 5. The highest BCUT2D eigenvalue weighted by molar-refractivity contribution is 7.79. The number of ether oxygens (including phenoxy) is 1. The van der Waals surface area contributed by atoms with E-state index in [1.165, 1.54) is 0 Å². The van der Waals surface area contributed by atoms with Crippen molar-refractivity contribution in [2.24, 2.45) is 5.73 Å². The van der Waals surface area contributed by atoms with Gasteiger partial charge in [0.1, 0.15) is 5.75 Å². The second-order valence-electron chi connectivity index (χ2n) is 5.20. The molecule has 0 aliphatic rings. The molecule has 8 nitrogen and oxygen atoms in total. The number of rotatable bonds is 9. The van der Waals surface area contributed by atoms with Crippen LogP contribution in [0.15, 0.2) is 24.3 Å². The van der Waals surface area contributed by atoms with Crippen LogP contribution in [0.1, 0.15) is 37.2 Å². The smallest absolute Gasteiger partial charge is 0.394 e. The largest absolute Gasteiger partial charge is 0.497 e. The van der Waals surface area contributed by atoms with Crippen LogP contribution in [0.25, 0.3) is 0 Å². The predicted molar refractivity (Wildman–Crippen MR) is 90.5 cm³/mol. The fourth-order valence-electron chi connectivity index (χ4n) is 2.21. The van der Waals surface area contributed by atoms with Gasteiger partial charge in [-0.3, -0.25) is 9.11 Å². The molecule has 0 saturated carbocycles. The summed E-state index contributed by atoms with van der Waals surface area (Å²) in [4.78, 5) is 0. The number of methoxy groups -OCH3 is 1. The number of nitrogens with two attached hydrogens (primary N) is 1. The average Bonchev–Trinajstić information content (AvgIpc) is 2.51. The van der Waals surface area contributed by atoms with Crippen molar-refractivity contribution in [3.05, 3.63) is 29.8 Å². The van der Waals surface area contributed by atoms with Crippen molar-refractivity contribution in [2.75, 3.05) is 20.3 Å². The molecule has 0 bridgehead atoms. The van der Waals surface area contributed by atoms with Gasteiger partial charge in [-0.25, -0.2) is 0 Å². The first kappa shape index (κ1) is 22.8. The zero-order valence-electron chi connectivity index (χ0n) is 13.7. The normalized spacial score (nSPS) is 13.6. The molecule has 2 atom stereocenters. The second kappa shape index (κ2) is 12.2. The van der Waals surface area contributed by atoms with Gasteiger partial charge in [-0.1, -0.05) is 25.0 Å². The molecule has 1 aromatic carbocycles. The summed E-state index contributed by atoms with van der Waals surface area (Å²) in [6.07, 6.45) is 2.93. The molecule has 0 fully saturated rings. The molecule has 0 aliphatic heterocycles. The SMILES string of the molecule is COc1ccc(C(CN)C(O)CCCCCO)cc1.O=S(=O)(O)O.